The monoisotopic (exact) mass is 183 g/mol. The van der Waals surface area contributed by atoms with Gasteiger partial charge in [-0.3, -0.25) is 0 Å². The highest BCUT2D eigenvalue weighted by Crippen LogP contribution is 2.18. The average molecular weight is 183 g/mol. The molecule has 2 unspecified atom stereocenters. The van der Waals surface area contributed by atoms with Crippen molar-refractivity contribution in [2.45, 2.75) is 44.2 Å². The van der Waals surface area contributed by atoms with E-state index < -0.39 is 0 Å². The third kappa shape index (κ3) is 3.49. The number of ether oxygens (including phenoxy) is 1. The van der Waals surface area contributed by atoms with Gasteiger partial charge in [-0.25, -0.2) is 0 Å². The quantitative estimate of drug-likeness (QED) is 0.659. The molecule has 76 valence electrons. The van der Waals surface area contributed by atoms with Crippen molar-refractivity contribution >= 4 is 0 Å². The van der Waals surface area contributed by atoms with Crippen molar-refractivity contribution in [2.75, 3.05) is 13.7 Å². The van der Waals surface area contributed by atoms with Crippen LogP contribution in [0.2, 0.25) is 0 Å². The van der Waals surface area contributed by atoms with Crippen LogP contribution in [0.5, 0.6) is 0 Å². The Kier molecular flexibility index (Phi) is 5.09. The Morgan fingerprint density at radius 3 is 3.00 bits per heavy atom. The molecule has 1 saturated heterocycles. The van der Waals surface area contributed by atoms with Crippen LogP contribution in [0.1, 0.15) is 32.1 Å². The molecule has 0 bridgehead atoms. The largest absolute Gasteiger partial charge is 0.377 e. The number of likely N-dealkylation sites (N-methyl/N-ethyl adjacent to an activating group) is 1. The fraction of sp³-hybridized carbons (Fsp3) is 0.818. The highest BCUT2D eigenvalue weighted by molar-refractivity contribution is 4.81. The van der Waals surface area contributed by atoms with Crippen molar-refractivity contribution in [3.63, 3.8) is 0 Å². The SMILES string of the molecule is C=CCCC(NC)C1CCCCO1. The fourth-order valence-electron chi connectivity index (χ4n) is 1.90. The molecule has 0 amide bonds. The minimum Gasteiger partial charge on any atom is -0.377 e. The van der Waals surface area contributed by atoms with Crippen molar-refractivity contribution in [1.82, 2.24) is 5.32 Å². The molecule has 1 N–H and O–H groups in total. The molecule has 13 heavy (non-hydrogen) atoms. The first kappa shape index (κ1) is 10.7. The summed E-state index contributed by atoms with van der Waals surface area (Å²) >= 11 is 0. The molecule has 2 nitrogen and oxygen atoms in total. The van der Waals surface area contributed by atoms with Gasteiger partial charge in [0.25, 0.3) is 0 Å². The van der Waals surface area contributed by atoms with E-state index >= 15 is 0 Å². The summed E-state index contributed by atoms with van der Waals surface area (Å²) in [5.74, 6) is 0. The third-order valence-electron chi connectivity index (χ3n) is 2.72. The first-order chi connectivity index (χ1) is 6.38. The number of hydrogen-bond acceptors (Lipinski definition) is 2. The summed E-state index contributed by atoms with van der Waals surface area (Å²) in [5.41, 5.74) is 0. The highest BCUT2D eigenvalue weighted by Gasteiger charge is 2.22. The van der Waals surface area contributed by atoms with Crippen LogP contribution in [-0.4, -0.2) is 25.8 Å². The molecule has 1 rings (SSSR count). The molecule has 0 aromatic carbocycles. The normalized spacial score (nSPS) is 25.5. The standard InChI is InChI=1S/C11H21NO/c1-3-4-7-10(12-2)11-8-5-6-9-13-11/h3,10-12H,1,4-9H2,2H3. The van der Waals surface area contributed by atoms with Gasteiger partial charge in [0.05, 0.1) is 6.10 Å². The lowest BCUT2D eigenvalue weighted by Gasteiger charge is -2.30. The first-order valence-electron chi connectivity index (χ1n) is 5.28. The Morgan fingerprint density at radius 2 is 2.46 bits per heavy atom. The van der Waals surface area contributed by atoms with E-state index in [4.69, 9.17) is 4.74 Å². The topological polar surface area (TPSA) is 21.3 Å². The van der Waals surface area contributed by atoms with E-state index in [1.807, 2.05) is 13.1 Å². The van der Waals surface area contributed by atoms with Crippen LogP contribution in [0.3, 0.4) is 0 Å². The first-order valence-corrected chi connectivity index (χ1v) is 5.28. The van der Waals surface area contributed by atoms with Crippen molar-refractivity contribution in [3.05, 3.63) is 12.7 Å². The Hall–Kier alpha value is -0.340. The van der Waals surface area contributed by atoms with Crippen molar-refractivity contribution in [2.24, 2.45) is 0 Å². The summed E-state index contributed by atoms with van der Waals surface area (Å²) in [5, 5.41) is 3.33. The molecular formula is C11H21NO. The summed E-state index contributed by atoms with van der Waals surface area (Å²) in [4.78, 5) is 0. The van der Waals surface area contributed by atoms with Gasteiger partial charge in [0.1, 0.15) is 0 Å². The van der Waals surface area contributed by atoms with Crippen LogP contribution in [0.15, 0.2) is 12.7 Å². The second kappa shape index (κ2) is 6.17. The van der Waals surface area contributed by atoms with E-state index in [1.165, 1.54) is 19.3 Å². The van der Waals surface area contributed by atoms with E-state index in [2.05, 4.69) is 11.9 Å². The van der Waals surface area contributed by atoms with Gasteiger partial charge in [0, 0.05) is 12.6 Å². The summed E-state index contributed by atoms with van der Waals surface area (Å²) in [6.07, 6.45) is 8.38. The second-order valence-electron chi connectivity index (χ2n) is 3.67. The Labute approximate surface area is 81.4 Å². The van der Waals surface area contributed by atoms with E-state index in [0.29, 0.717) is 12.1 Å². The molecule has 1 aliphatic rings. The molecule has 2 heteroatoms. The fourth-order valence-corrected chi connectivity index (χ4v) is 1.90. The van der Waals surface area contributed by atoms with Crippen LogP contribution in [0.4, 0.5) is 0 Å². The zero-order valence-corrected chi connectivity index (χ0v) is 8.59. The van der Waals surface area contributed by atoms with E-state index in [9.17, 15) is 0 Å². The van der Waals surface area contributed by atoms with Gasteiger partial charge in [-0.2, -0.15) is 0 Å². The zero-order chi connectivity index (χ0) is 9.52. The Morgan fingerprint density at radius 1 is 1.62 bits per heavy atom. The van der Waals surface area contributed by atoms with Gasteiger partial charge in [-0.15, -0.1) is 6.58 Å². The lowest BCUT2D eigenvalue weighted by atomic mass is 9.98. The zero-order valence-electron chi connectivity index (χ0n) is 8.59. The van der Waals surface area contributed by atoms with Crippen LogP contribution >= 0.6 is 0 Å². The average Bonchev–Trinajstić information content (AvgIpc) is 2.21. The van der Waals surface area contributed by atoms with Crippen LogP contribution < -0.4 is 5.32 Å². The predicted octanol–water partition coefficient (Wildman–Crippen LogP) is 2.11. The number of allylic oxidation sites excluding steroid dienone is 1. The summed E-state index contributed by atoms with van der Waals surface area (Å²) in [7, 11) is 2.02. The molecule has 1 heterocycles. The molecule has 1 aliphatic heterocycles. The summed E-state index contributed by atoms with van der Waals surface area (Å²) in [6.45, 7) is 4.68. The van der Waals surface area contributed by atoms with Crippen LogP contribution in [-0.2, 0) is 4.74 Å². The molecule has 1 fully saturated rings. The molecule has 0 aromatic heterocycles. The predicted molar refractivity (Wildman–Crippen MR) is 55.9 cm³/mol. The molecule has 0 aliphatic carbocycles. The maximum Gasteiger partial charge on any atom is 0.0728 e. The minimum atomic E-state index is 0.429. The number of nitrogens with one attached hydrogen (secondary N) is 1. The Bertz CT molecular complexity index is 141. The van der Waals surface area contributed by atoms with Gasteiger partial charge < -0.3 is 10.1 Å². The molecule has 0 aromatic rings. The van der Waals surface area contributed by atoms with Crippen LogP contribution in [0.25, 0.3) is 0 Å². The number of rotatable bonds is 5. The van der Waals surface area contributed by atoms with Gasteiger partial charge in [-0.05, 0) is 39.2 Å². The molecule has 2 atom stereocenters. The molecule has 0 spiro atoms. The summed E-state index contributed by atoms with van der Waals surface area (Å²) in [6, 6.07) is 0.512. The highest BCUT2D eigenvalue weighted by atomic mass is 16.5. The Balaban J connectivity index is 2.29. The van der Waals surface area contributed by atoms with Gasteiger partial charge in [0.15, 0.2) is 0 Å². The summed E-state index contributed by atoms with van der Waals surface area (Å²) < 4.78 is 5.73. The molecule has 0 saturated carbocycles. The number of hydrogen-bond donors (Lipinski definition) is 1. The van der Waals surface area contributed by atoms with Gasteiger partial charge in [0.2, 0.25) is 0 Å². The van der Waals surface area contributed by atoms with Gasteiger partial charge in [-0.1, -0.05) is 6.08 Å². The second-order valence-corrected chi connectivity index (χ2v) is 3.67. The van der Waals surface area contributed by atoms with E-state index in [-0.39, 0.29) is 0 Å². The van der Waals surface area contributed by atoms with Crippen molar-refractivity contribution < 1.29 is 4.74 Å². The minimum absolute atomic E-state index is 0.429. The maximum absolute atomic E-state index is 5.73. The lowest BCUT2D eigenvalue weighted by Crippen LogP contribution is -2.41. The van der Waals surface area contributed by atoms with E-state index in [1.54, 1.807) is 0 Å². The van der Waals surface area contributed by atoms with Crippen molar-refractivity contribution in [3.8, 4) is 0 Å². The third-order valence-corrected chi connectivity index (χ3v) is 2.72. The van der Waals surface area contributed by atoms with Crippen molar-refractivity contribution in [1.29, 1.82) is 0 Å². The molecule has 0 radical (unpaired) electrons. The smallest absolute Gasteiger partial charge is 0.0728 e. The lowest BCUT2D eigenvalue weighted by molar-refractivity contribution is -0.00747. The van der Waals surface area contributed by atoms with E-state index in [0.717, 1.165) is 19.4 Å². The maximum atomic E-state index is 5.73. The van der Waals surface area contributed by atoms with Gasteiger partial charge >= 0.3 is 0 Å². The van der Waals surface area contributed by atoms with Crippen LogP contribution in [0, 0.1) is 0 Å². The molecular weight excluding hydrogens is 162 g/mol.